The summed E-state index contributed by atoms with van der Waals surface area (Å²) in [6.45, 7) is 0.251. The van der Waals surface area contributed by atoms with Gasteiger partial charge in [-0.25, -0.2) is 13.1 Å². The van der Waals surface area contributed by atoms with E-state index in [9.17, 15) is 8.42 Å². The minimum Gasteiger partial charge on any atom is -0.497 e. The van der Waals surface area contributed by atoms with Crippen LogP contribution in [0.3, 0.4) is 0 Å². The van der Waals surface area contributed by atoms with Gasteiger partial charge in [0, 0.05) is 12.3 Å². The Kier molecular flexibility index (Phi) is 5.86. The molecule has 0 saturated heterocycles. The number of sulfonamides is 1. The van der Waals surface area contributed by atoms with E-state index in [1.54, 1.807) is 16.8 Å². The Morgan fingerprint density at radius 2 is 1.85 bits per heavy atom. The lowest BCUT2D eigenvalue weighted by molar-refractivity contribution is 0.414. The van der Waals surface area contributed by atoms with Crippen molar-refractivity contribution < 1.29 is 13.2 Å². The fourth-order valence-corrected chi connectivity index (χ4v) is 4.06. The summed E-state index contributed by atoms with van der Waals surface area (Å²) < 4.78 is 33.8. The molecule has 0 bridgehead atoms. The zero-order chi connectivity index (χ0) is 18.4. The zero-order valence-electron chi connectivity index (χ0n) is 13.9. The van der Waals surface area contributed by atoms with Crippen molar-refractivity contribution in [3.05, 3.63) is 54.6 Å². The number of hydrogen-bond donors (Lipinski definition) is 1. The van der Waals surface area contributed by atoms with Crippen molar-refractivity contribution in [2.75, 3.05) is 19.4 Å². The lowest BCUT2D eigenvalue weighted by Crippen LogP contribution is -2.26. The molecule has 0 aliphatic rings. The van der Waals surface area contributed by atoms with Crippen LogP contribution >= 0.6 is 11.8 Å². The molecule has 2 aromatic carbocycles. The van der Waals surface area contributed by atoms with Crippen LogP contribution in [0.5, 0.6) is 5.75 Å². The van der Waals surface area contributed by atoms with Crippen molar-refractivity contribution >= 4 is 21.8 Å². The molecule has 8 nitrogen and oxygen atoms in total. The maximum atomic E-state index is 12.3. The molecule has 0 amide bonds. The van der Waals surface area contributed by atoms with Crippen LogP contribution in [0.1, 0.15) is 0 Å². The monoisotopic (exact) mass is 391 g/mol. The molecule has 0 fully saturated rings. The number of methoxy groups -OCH3 is 1. The molecule has 0 radical (unpaired) electrons. The second-order valence-electron chi connectivity index (χ2n) is 5.13. The van der Waals surface area contributed by atoms with Gasteiger partial charge in [-0.2, -0.15) is 4.68 Å². The first-order valence-electron chi connectivity index (χ1n) is 7.70. The first-order chi connectivity index (χ1) is 12.6. The topological polar surface area (TPSA) is 99.0 Å². The van der Waals surface area contributed by atoms with Crippen LogP contribution in [0, 0.1) is 0 Å². The third-order valence-electron chi connectivity index (χ3n) is 3.44. The molecule has 1 N–H and O–H groups in total. The van der Waals surface area contributed by atoms with Crippen LogP contribution in [0.15, 0.2) is 64.6 Å². The van der Waals surface area contributed by atoms with Gasteiger partial charge in [0.05, 0.1) is 17.7 Å². The number of aromatic nitrogens is 4. The highest BCUT2D eigenvalue weighted by Crippen LogP contribution is 2.18. The quantitative estimate of drug-likeness (QED) is 0.461. The summed E-state index contributed by atoms with van der Waals surface area (Å²) in [4.78, 5) is 0.192. The molecule has 0 aliphatic heterocycles. The second kappa shape index (κ2) is 8.30. The Morgan fingerprint density at radius 3 is 2.54 bits per heavy atom. The minimum atomic E-state index is -3.57. The summed E-state index contributed by atoms with van der Waals surface area (Å²) >= 11 is 1.37. The number of rotatable bonds is 8. The van der Waals surface area contributed by atoms with Gasteiger partial charge in [0.15, 0.2) is 0 Å². The van der Waals surface area contributed by atoms with Crippen LogP contribution < -0.4 is 9.46 Å². The standard InChI is InChI=1S/C16H17N5O3S2/c1-24-14-7-9-15(10-8-14)26(22,23)17-11-12-25-16-18-19-20-21(16)13-5-3-2-4-6-13/h2-10,17H,11-12H2,1H3. The van der Waals surface area contributed by atoms with E-state index in [4.69, 9.17) is 4.74 Å². The number of benzene rings is 2. The lowest BCUT2D eigenvalue weighted by Gasteiger charge is -2.07. The van der Waals surface area contributed by atoms with Gasteiger partial charge in [-0.3, -0.25) is 0 Å². The van der Waals surface area contributed by atoms with Crippen LogP contribution in [0.2, 0.25) is 0 Å². The predicted octanol–water partition coefficient (Wildman–Crippen LogP) is 1.74. The van der Waals surface area contributed by atoms with E-state index in [1.807, 2.05) is 30.3 Å². The number of thioether (sulfide) groups is 1. The molecule has 26 heavy (non-hydrogen) atoms. The third-order valence-corrected chi connectivity index (χ3v) is 5.83. The first-order valence-corrected chi connectivity index (χ1v) is 10.2. The SMILES string of the molecule is COc1ccc(S(=O)(=O)NCCSc2nnnn2-c2ccccc2)cc1. The number of nitrogens with zero attached hydrogens (tertiary/aromatic N) is 4. The molecule has 10 heteroatoms. The summed E-state index contributed by atoms with van der Waals surface area (Å²) in [6, 6.07) is 15.7. The minimum absolute atomic E-state index is 0.192. The maximum absolute atomic E-state index is 12.3. The maximum Gasteiger partial charge on any atom is 0.240 e. The Hall–Kier alpha value is -2.43. The van der Waals surface area contributed by atoms with Gasteiger partial charge >= 0.3 is 0 Å². The average molecular weight is 391 g/mol. The van der Waals surface area contributed by atoms with Gasteiger partial charge in [0.2, 0.25) is 15.2 Å². The molecule has 3 rings (SSSR count). The van der Waals surface area contributed by atoms with Crippen LogP contribution in [0.25, 0.3) is 5.69 Å². The van der Waals surface area contributed by atoms with E-state index < -0.39 is 10.0 Å². The molecule has 3 aromatic rings. The van der Waals surface area contributed by atoms with Crippen LogP contribution in [-0.2, 0) is 10.0 Å². The Bertz CT molecular complexity index is 944. The molecule has 0 saturated carbocycles. The van der Waals surface area contributed by atoms with E-state index in [0.717, 1.165) is 5.69 Å². The molecular weight excluding hydrogens is 374 g/mol. The molecule has 0 atom stereocenters. The highest BCUT2D eigenvalue weighted by atomic mass is 32.2. The van der Waals surface area contributed by atoms with Gasteiger partial charge in [-0.05, 0) is 46.8 Å². The van der Waals surface area contributed by atoms with Crippen molar-refractivity contribution in [1.82, 2.24) is 24.9 Å². The van der Waals surface area contributed by atoms with Gasteiger partial charge in [0.1, 0.15) is 5.75 Å². The number of hydrogen-bond acceptors (Lipinski definition) is 7. The molecule has 0 aliphatic carbocycles. The smallest absolute Gasteiger partial charge is 0.240 e. The average Bonchev–Trinajstić information content (AvgIpc) is 3.14. The summed E-state index contributed by atoms with van der Waals surface area (Å²) in [5, 5.41) is 12.2. The van der Waals surface area contributed by atoms with Gasteiger partial charge < -0.3 is 4.74 Å². The van der Waals surface area contributed by atoms with Crippen molar-refractivity contribution in [2.24, 2.45) is 0 Å². The summed E-state index contributed by atoms with van der Waals surface area (Å²) in [5.41, 5.74) is 0.846. The highest BCUT2D eigenvalue weighted by molar-refractivity contribution is 7.99. The number of nitrogens with one attached hydrogen (secondary N) is 1. The molecule has 0 unspecified atom stereocenters. The van der Waals surface area contributed by atoms with Gasteiger partial charge in [0.25, 0.3) is 0 Å². The number of tetrazole rings is 1. The normalized spacial score (nSPS) is 11.4. The fraction of sp³-hybridized carbons (Fsp3) is 0.188. The molecule has 136 valence electrons. The van der Waals surface area contributed by atoms with Crippen molar-refractivity contribution in [1.29, 1.82) is 0 Å². The summed E-state index contributed by atoms with van der Waals surface area (Å²) in [6.07, 6.45) is 0. The predicted molar refractivity (Wildman–Crippen MR) is 98.1 cm³/mol. The molecular formula is C16H17N5O3S2. The Morgan fingerprint density at radius 1 is 1.12 bits per heavy atom. The van der Waals surface area contributed by atoms with Crippen molar-refractivity contribution in [3.63, 3.8) is 0 Å². The molecule has 0 spiro atoms. The van der Waals surface area contributed by atoms with Gasteiger partial charge in [-0.15, -0.1) is 5.10 Å². The lowest BCUT2D eigenvalue weighted by atomic mass is 10.3. The third kappa shape index (κ3) is 4.40. The fourth-order valence-electron chi connectivity index (χ4n) is 2.16. The number of para-hydroxylation sites is 1. The van der Waals surface area contributed by atoms with Gasteiger partial charge in [-0.1, -0.05) is 30.0 Å². The summed E-state index contributed by atoms with van der Waals surface area (Å²) in [5.74, 6) is 1.09. The van der Waals surface area contributed by atoms with Crippen LogP contribution in [0.4, 0.5) is 0 Å². The number of ether oxygens (including phenoxy) is 1. The van der Waals surface area contributed by atoms with Crippen molar-refractivity contribution in [3.8, 4) is 11.4 Å². The van der Waals surface area contributed by atoms with E-state index in [-0.39, 0.29) is 11.4 Å². The molecule has 1 heterocycles. The van der Waals surface area contributed by atoms with E-state index in [1.165, 1.54) is 31.0 Å². The highest BCUT2D eigenvalue weighted by Gasteiger charge is 2.14. The zero-order valence-corrected chi connectivity index (χ0v) is 15.6. The molecule has 1 aromatic heterocycles. The Labute approximate surface area is 155 Å². The second-order valence-corrected chi connectivity index (χ2v) is 7.96. The van der Waals surface area contributed by atoms with Crippen LogP contribution in [-0.4, -0.2) is 48.0 Å². The largest absolute Gasteiger partial charge is 0.497 e. The van der Waals surface area contributed by atoms with E-state index in [2.05, 4.69) is 20.2 Å². The Balaban J connectivity index is 1.57. The van der Waals surface area contributed by atoms with E-state index >= 15 is 0 Å². The van der Waals surface area contributed by atoms with Crippen molar-refractivity contribution in [2.45, 2.75) is 10.1 Å². The summed E-state index contributed by atoms with van der Waals surface area (Å²) in [7, 11) is -2.04. The first kappa shape index (κ1) is 18.4. The van der Waals surface area contributed by atoms with E-state index in [0.29, 0.717) is 16.7 Å².